The number of nitrogens with one attached hydrogen (secondary N) is 4. The first-order valence-electron chi connectivity index (χ1n) is 27.7. The molecular weight excluding hydrogens is 979 g/mol. The van der Waals surface area contributed by atoms with Gasteiger partial charge in [-0.2, -0.15) is 0 Å². The highest BCUT2D eigenvalue weighted by Crippen LogP contribution is 2.79. The fourth-order valence-electron chi connectivity index (χ4n) is 15.6. The van der Waals surface area contributed by atoms with E-state index in [0.29, 0.717) is 63.0 Å². The Hall–Kier alpha value is -6.46. The summed E-state index contributed by atoms with van der Waals surface area (Å²) < 4.78 is 26.1. The smallest absolute Gasteiger partial charge is 0.340 e. The molecule has 4 amide bonds. The molecule has 408 valence electrons. The van der Waals surface area contributed by atoms with Gasteiger partial charge >= 0.3 is 11.9 Å². The van der Waals surface area contributed by atoms with Crippen LogP contribution in [0, 0.1) is 40.4 Å². The standard InChI is InChI=1S/C61H73N5O11/c1-6-9-27-50(67)62-43-23-15-11-19-36(43)55(69)64-45-25-17-13-21-38(45)57(71)76-35-59-30-29-49(75-5)61-41-31-40-47(74-4)33-60(73,42(32-48(59)61)54(61)66(8-3)34-59)52(41)53(40)77-58(72)39-22-14-18-26-46(39)65-56(70)37-20-12-16-24-44(37)63-51(68)28-10-7-2/h11-26,40-42,47-49,52-54,73H,6-10,27-35H2,1-5H3,(H,62,67)(H,63,68)(H,64,69)(H,65,70)/t40?,41-,42?,47+,48-,49+,52-,53+,54?,59+,60+,61?/m1/s1. The van der Waals surface area contributed by atoms with Crippen molar-refractivity contribution in [2.24, 2.45) is 40.4 Å². The van der Waals surface area contributed by atoms with E-state index in [1.54, 1.807) is 111 Å². The first-order valence-corrected chi connectivity index (χ1v) is 27.7. The van der Waals surface area contributed by atoms with Crippen LogP contribution < -0.4 is 21.3 Å². The highest BCUT2D eigenvalue weighted by molar-refractivity contribution is 6.13. The first-order chi connectivity index (χ1) is 37.3. The van der Waals surface area contributed by atoms with E-state index in [1.165, 1.54) is 0 Å². The molecule has 16 heteroatoms. The summed E-state index contributed by atoms with van der Waals surface area (Å²) in [6.07, 6.45) is 5.56. The van der Waals surface area contributed by atoms with Crippen LogP contribution in [0.1, 0.15) is 133 Å². The van der Waals surface area contributed by atoms with Crippen LogP contribution in [0.25, 0.3) is 0 Å². The van der Waals surface area contributed by atoms with Crippen LogP contribution in [0.15, 0.2) is 97.1 Å². The molecule has 5 N–H and O–H groups in total. The molecule has 5 aliphatic carbocycles. The number of carbonyl (C=O) groups excluding carboxylic acids is 6. The lowest BCUT2D eigenvalue weighted by Crippen LogP contribution is -2.76. The molecule has 1 heterocycles. The number of piperidine rings is 1. The Balaban J connectivity index is 0.914. The number of carbonyl (C=O) groups is 6. The molecule has 4 aromatic carbocycles. The molecule has 4 aromatic rings. The minimum absolute atomic E-state index is 0.0238. The summed E-state index contributed by atoms with van der Waals surface area (Å²) in [4.78, 5) is 85.0. The molecule has 12 atom stereocenters. The lowest BCUT2D eigenvalue weighted by atomic mass is 9.43. The zero-order chi connectivity index (χ0) is 54.2. The molecule has 0 aromatic heterocycles. The van der Waals surface area contributed by atoms with Gasteiger partial charge in [-0.15, -0.1) is 0 Å². The van der Waals surface area contributed by atoms with Gasteiger partial charge in [0, 0.05) is 74.7 Å². The van der Waals surface area contributed by atoms with Crippen molar-refractivity contribution in [2.75, 3.05) is 55.2 Å². The van der Waals surface area contributed by atoms with E-state index in [9.17, 15) is 33.9 Å². The van der Waals surface area contributed by atoms with Crippen molar-refractivity contribution in [3.8, 4) is 0 Å². The van der Waals surface area contributed by atoms with Crippen molar-refractivity contribution >= 4 is 58.3 Å². The number of benzene rings is 4. The second kappa shape index (κ2) is 22.1. The number of hydrogen-bond donors (Lipinski definition) is 5. The Morgan fingerprint density at radius 2 is 1.17 bits per heavy atom. The summed E-state index contributed by atoms with van der Waals surface area (Å²) >= 11 is 0. The maximum atomic E-state index is 14.8. The number of fused-ring (bicyclic) bond motifs is 2. The van der Waals surface area contributed by atoms with Crippen molar-refractivity contribution in [3.05, 3.63) is 119 Å². The molecule has 1 saturated heterocycles. The number of nitrogens with zero attached hydrogens (tertiary/aromatic N) is 1. The number of ether oxygens (including phenoxy) is 4. The average Bonchev–Trinajstić information content (AvgIpc) is 2.85. The Morgan fingerprint density at radius 3 is 1.69 bits per heavy atom. The van der Waals surface area contributed by atoms with Gasteiger partial charge in [0.05, 0.1) is 69.4 Å². The number of methoxy groups -OCH3 is 2. The molecule has 1 aliphatic heterocycles. The molecule has 4 unspecified atom stereocenters. The van der Waals surface area contributed by atoms with Gasteiger partial charge in [0.1, 0.15) is 6.10 Å². The van der Waals surface area contributed by atoms with Crippen LogP contribution >= 0.6 is 0 Å². The topological polar surface area (TPSA) is 211 Å². The van der Waals surface area contributed by atoms with E-state index in [-0.39, 0.29) is 87.9 Å². The van der Waals surface area contributed by atoms with E-state index in [0.717, 1.165) is 32.1 Å². The summed E-state index contributed by atoms with van der Waals surface area (Å²) in [6, 6.07) is 27.0. The van der Waals surface area contributed by atoms with Gasteiger partial charge in [-0.1, -0.05) is 82.1 Å². The molecule has 77 heavy (non-hydrogen) atoms. The zero-order valence-corrected chi connectivity index (χ0v) is 44.8. The second-order valence-electron chi connectivity index (χ2n) is 22.4. The normalized spacial score (nSPS) is 30.2. The summed E-state index contributed by atoms with van der Waals surface area (Å²) in [5, 5.41) is 25.2. The Morgan fingerprint density at radius 1 is 0.649 bits per heavy atom. The molecule has 16 nitrogen and oxygen atoms in total. The monoisotopic (exact) mass is 1050 g/mol. The largest absolute Gasteiger partial charge is 0.461 e. The third-order valence-electron chi connectivity index (χ3n) is 18.6. The fraction of sp³-hybridized carbons (Fsp3) is 0.508. The minimum Gasteiger partial charge on any atom is -0.461 e. The van der Waals surface area contributed by atoms with Crippen LogP contribution in [-0.4, -0.2) is 109 Å². The molecular formula is C61H73N5O11. The molecule has 1 spiro atoms. The third kappa shape index (κ3) is 9.42. The molecule has 5 saturated carbocycles. The lowest BCUT2D eigenvalue weighted by molar-refractivity contribution is -0.275. The summed E-state index contributed by atoms with van der Waals surface area (Å²) in [5.74, 6) is -3.72. The van der Waals surface area contributed by atoms with E-state index in [1.807, 2.05) is 13.8 Å². The lowest BCUT2D eigenvalue weighted by Gasteiger charge is -2.69. The van der Waals surface area contributed by atoms with Gasteiger partial charge in [-0.3, -0.25) is 24.1 Å². The summed E-state index contributed by atoms with van der Waals surface area (Å²) in [6.45, 7) is 7.61. The van der Waals surface area contributed by atoms with Crippen molar-refractivity contribution in [1.29, 1.82) is 0 Å². The molecule has 0 radical (unpaired) electrons. The molecule has 7 bridgehead atoms. The van der Waals surface area contributed by atoms with Gasteiger partial charge in [0.15, 0.2) is 0 Å². The van der Waals surface area contributed by atoms with Crippen LogP contribution in [-0.2, 0) is 28.5 Å². The summed E-state index contributed by atoms with van der Waals surface area (Å²) in [5.41, 5.74) is -0.190. The first kappa shape index (κ1) is 53.9. The van der Waals surface area contributed by atoms with Gasteiger partial charge in [0.25, 0.3) is 11.8 Å². The summed E-state index contributed by atoms with van der Waals surface area (Å²) in [7, 11) is 3.43. The van der Waals surface area contributed by atoms with Crippen molar-refractivity contribution in [1.82, 2.24) is 4.90 Å². The highest BCUT2D eigenvalue weighted by Gasteiger charge is 2.84. The third-order valence-corrected chi connectivity index (χ3v) is 18.6. The van der Waals surface area contributed by atoms with Gasteiger partial charge in [-0.25, -0.2) is 9.59 Å². The fourth-order valence-corrected chi connectivity index (χ4v) is 15.6. The number of anilines is 4. The Bertz CT molecular complexity index is 2910. The average molecular weight is 1050 g/mol. The number of hydrogen-bond acceptors (Lipinski definition) is 12. The van der Waals surface area contributed by atoms with E-state index in [4.69, 9.17) is 18.9 Å². The highest BCUT2D eigenvalue weighted by atomic mass is 16.6. The van der Waals surface area contributed by atoms with Crippen LogP contribution in [0.4, 0.5) is 22.7 Å². The quantitative estimate of drug-likeness (QED) is 0.0525. The molecule has 10 rings (SSSR count). The maximum Gasteiger partial charge on any atom is 0.340 e. The number of para-hydroxylation sites is 4. The van der Waals surface area contributed by atoms with Crippen molar-refractivity contribution < 1.29 is 52.8 Å². The SMILES string of the molecule is CCCCC(=O)Nc1ccccc1C(=O)Nc1ccccc1C(=O)OC[C@@]12CC[C@H](OC)C34C(C(C[C@@H]31)[C@@]1(O)C[C@H](OC)C3C[C@@H]4[C@@H]1[C@H]3OC(=O)c1ccccc1NC(=O)c1ccccc1NC(=O)CCCC)N(CC)C2. The van der Waals surface area contributed by atoms with Gasteiger partial charge in [0.2, 0.25) is 11.8 Å². The predicted octanol–water partition coefficient (Wildman–Crippen LogP) is 9.37. The predicted molar refractivity (Wildman–Crippen MR) is 290 cm³/mol. The van der Waals surface area contributed by atoms with Gasteiger partial charge < -0.3 is 45.3 Å². The number of likely N-dealkylation sites (tertiary alicyclic amines) is 1. The maximum absolute atomic E-state index is 14.8. The number of aliphatic hydroxyl groups is 1. The number of esters is 2. The number of amides is 4. The van der Waals surface area contributed by atoms with Gasteiger partial charge in [-0.05, 0) is 105 Å². The Labute approximate surface area is 450 Å². The minimum atomic E-state index is -1.29. The zero-order valence-electron chi connectivity index (χ0n) is 44.8. The number of rotatable bonds is 20. The molecule has 6 aliphatic rings. The molecule has 6 fully saturated rings. The van der Waals surface area contributed by atoms with Crippen LogP contribution in [0.5, 0.6) is 0 Å². The van der Waals surface area contributed by atoms with E-state index < -0.39 is 58.3 Å². The van der Waals surface area contributed by atoms with Crippen LogP contribution in [0.2, 0.25) is 0 Å². The second-order valence-corrected chi connectivity index (χ2v) is 22.4. The Kier molecular flexibility index (Phi) is 15.5. The van der Waals surface area contributed by atoms with Crippen LogP contribution in [0.3, 0.4) is 0 Å². The number of unbranched alkanes of at least 4 members (excludes halogenated alkanes) is 2. The van der Waals surface area contributed by atoms with Crippen molar-refractivity contribution in [2.45, 2.75) is 121 Å². The van der Waals surface area contributed by atoms with Crippen molar-refractivity contribution in [3.63, 3.8) is 0 Å². The van der Waals surface area contributed by atoms with E-state index >= 15 is 0 Å². The van der Waals surface area contributed by atoms with E-state index in [2.05, 4.69) is 33.1 Å².